The molecule has 0 radical (unpaired) electrons. The van der Waals surface area contributed by atoms with Crippen LogP contribution in [0.4, 0.5) is 4.39 Å². The minimum absolute atomic E-state index is 0.0147. The van der Waals surface area contributed by atoms with Crippen LogP contribution in [-0.4, -0.2) is 15.9 Å². The van der Waals surface area contributed by atoms with Crippen molar-refractivity contribution in [3.8, 4) is 0 Å². The third-order valence-electron chi connectivity index (χ3n) is 3.28. The minimum atomic E-state index is -0.597. The highest BCUT2D eigenvalue weighted by atomic mass is 19.1. The monoisotopic (exact) mass is 305 g/mol. The molecule has 0 saturated carbocycles. The third-order valence-corrected chi connectivity index (χ3v) is 3.28. The molecule has 0 aliphatic carbocycles. The van der Waals surface area contributed by atoms with Gasteiger partial charge in [0.15, 0.2) is 0 Å². The van der Waals surface area contributed by atoms with Crippen molar-refractivity contribution in [1.82, 2.24) is 15.3 Å². The molecule has 6 nitrogen and oxygen atoms in total. The lowest BCUT2D eigenvalue weighted by Crippen LogP contribution is -2.30. The highest BCUT2D eigenvalue weighted by Crippen LogP contribution is 2.19. The first kappa shape index (κ1) is 15.7. The maximum Gasteiger partial charge on any atom is 0.325 e. The number of hydrogen-bond donors (Lipinski definition) is 3. The minimum Gasteiger partial charge on any atom is -0.352 e. The van der Waals surface area contributed by atoms with E-state index < -0.39 is 11.2 Å². The summed E-state index contributed by atoms with van der Waals surface area (Å²) in [7, 11) is 0. The van der Waals surface area contributed by atoms with Crippen molar-refractivity contribution in [2.75, 3.05) is 0 Å². The number of amides is 1. The SMILES string of the molecule is CC(CC(=O)NCc1c[nH]c(=O)[nH]c1=O)c1cccc(F)c1. The van der Waals surface area contributed by atoms with Gasteiger partial charge in [0.05, 0.1) is 5.56 Å². The molecule has 22 heavy (non-hydrogen) atoms. The first-order chi connectivity index (χ1) is 10.5. The number of halogens is 1. The van der Waals surface area contributed by atoms with E-state index >= 15 is 0 Å². The van der Waals surface area contributed by atoms with Gasteiger partial charge in [-0.05, 0) is 23.6 Å². The molecule has 2 rings (SSSR count). The van der Waals surface area contributed by atoms with Gasteiger partial charge in [-0.25, -0.2) is 9.18 Å². The molecule has 1 aromatic heterocycles. The Balaban J connectivity index is 1.93. The molecule has 1 aromatic carbocycles. The highest BCUT2D eigenvalue weighted by molar-refractivity contribution is 5.76. The number of hydrogen-bond acceptors (Lipinski definition) is 3. The molecule has 0 saturated heterocycles. The molecule has 7 heteroatoms. The van der Waals surface area contributed by atoms with Crippen LogP contribution in [0.25, 0.3) is 0 Å². The molecule has 3 N–H and O–H groups in total. The van der Waals surface area contributed by atoms with Crippen LogP contribution in [0.2, 0.25) is 0 Å². The Morgan fingerprint density at radius 2 is 2.14 bits per heavy atom. The third kappa shape index (κ3) is 4.15. The second kappa shape index (κ2) is 6.84. The standard InChI is InChI=1S/C15H16FN3O3/c1-9(10-3-2-4-12(16)6-10)5-13(20)17-7-11-8-18-15(22)19-14(11)21/h2-4,6,8-9H,5,7H2,1H3,(H,17,20)(H2,18,19,21,22). The summed E-state index contributed by atoms with van der Waals surface area (Å²) < 4.78 is 13.1. The van der Waals surface area contributed by atoms with Gasteiger partial charge in [-0.1, -0.05) is 19.1 Å². The van der Waals surface area contributed by atoms with E-state index in [-0.39, 0.29) is 36.2 Å². The predicted molar refractivity (Wildman–Crippen MR) is 79.0 cm³/mol. The van der Waals surface area contributed by atoms with Crippen LogP contribution < -0.4 is 16.6 Å². The van der Waals surface area contributed by atoms with Crippen molar-refractivity contribution in [3.63, 3.8) is 0 Å². The molecule has 1 atom stereocenters. The Morgan fingerprint density at radius 3 is 2.82 bits per heavy atom. The quantitative estimate of drug-likeness (QED) is 0.769. The lowest BCUT2D eigenvalue weighted by Gasteiger charge is -2.12. The number of aromatic amines is 2. The lowest BCUT2D eigenvalue weighted by atomic mass is 9.97. The fourth-order valence-corrected chi connectivity index (χ4v) is 2.04. The Kier molecular flexibility index (Phi) is 4.88. The summed E-state index contributed by atoms with van der Waals surface area (Å²) in [6.07, 6.45) is 1.43. The van der Waals surface area contributed by atoms with Crippen LogP contribution >= 0.6 is 0 Å². The molecule has 0 bridgehead atoms. The molecule has 1 amide bonds. The maximum absolute atomic E-state index is 13.1. The molecule has 2 aromatic rings. The summed E-state index contributed by atoms with van der Waals surface area (Å²) in [4.78, 5) is 38.6. The fourth-order valence-electron chi connectivity index (χ4n) is 2.04. The summed E-state index contributed by atoms with van der Waals surface area (Å²) in [6.45, 7) is 1.84. The first-order valence-electron chi connectivity index (χ1n) is 6.79. The van der Waals surface area contributed by atoms with Crippen LogP contribution in [0.1, 0.15) is 30.4 Å². The van der Waals surface area contributed by atoms with Gasteiger partial charge < -0.3 is 10.3 Å². The lowest BCUT2D eigenvalue weighted by molar-refractivity contribution is -0.121. The van der Waals surface area contributed by atoms with Gasteiger partial charge in [0.2, 0.25) is 5.91 Å². The van der Waals surface area contributed by atoms with Crippen LogP contribution in [0.3, 0.4) is 0 Å². The zero-order valence-electron chi connectivity index (χ0n) is 12.0. The van der Waals surface area contributed by atoms with E-state index in [4.69, 9.17) is 0 Å². The van der Waals surface area contributed by atoms with Gasteiger partial charge in [0.25, 0.3) is 5.56 Å². The van der Waals surface area contributed by atoms with Crippen LogP contribution in [0, 0.1) is 5.82 Å². The van der Waals surface area contributed by atoms with Gasteiger partial charge in [-0.3, -0.25) is 14.6 Å². The van der Waals surface area contributed by atoms with Gasteiger partial charge in [-0.2, -0.15) is 0 Å². The largest absolute Gasteiger partial charge is 0.352 e. The molecule has 0 aliphatic heterocycles. The second-order valence-electron chi connectivity index (χ2n) is 5.03. The van der Waals surface area contributed by atoms with Gasteiger partial charge in [0.1, 0.15) is 5.82 Å². The van der Waals surface area contributed by atoms with Gasteiger partial charge in [0, 0.05) is 19.2 Å². The van der Waals surface area contributed by atoms with Crippen molar-refractivity contribution in [1.29, 1.82) is 0 Å². The molecule has 0 fully saturated rings. The molecular formula is C15H16FN3O3. The van der Waals surface area contributed by atoms with E-state index in [1.807, 2.05) is 6.92 Å². The number of carbonyl (C=O) groups excluding carboxylic acids is 1. The summed E-state index contributed by atoms with van der Waals surface area (Å²) >= 11 is 0. The normalized spacial score (nSPS) is 11.9. The predicted octanol–water partition coefficient (Wildman–Crippen LogP) is 1.01. The summed E-state index contributed by atoms with van der Waals surface area (Å²) in [6, 6.07) is 6.09. The van der Waals surface area contributed by atoms with Crippen molar-refractivity contribution >= 4 is 5.91 Å². The molecule has 116 valence electrons. The number of benzene rings is 1. The number of nitrogens with one attached hydrogen (secondary N) is 3. The Hall–Kier alpha value is -2.70. The van der Waals surface area contributed by atoms with E-state index in [2.05, 4.69) is 15.3 Å². The zero-order valence-corrected chi connectivity index (χ0v) is 12.0. The summed E-state index contributed by atoms with van der Waals surface area (Å²) in [5, 5.41) is 2.60. The molecule has 1 unspecified atom stereocenters. The summed E-state index contributed by atoms with van der Waals surface area (Å²) in [5.74, 6) is -0.753. The molecule has 0 spiro atoms. The Morgan fingerprint density at radius 1 is 1.36 bits per heavy atom. The van der Waals surface area contributed by atoms with Gasteiger partial charge in [-0.15, -0.1) is 0 Å². The highest BCUT2D eigenvalue weighted by Gasteiger charge is 2.12. The van der Waals surface area contributed by atoms with Crippen molar-refractivity contribution in [3.05, 3.63) is 68.2 Å². The average Bonchev–Trinajstić information content (AvgIpc) is 2.46. The van der Waals surface area contributed by atoms with E-state index in [1.165, 1.54) is 18.3 Å². The smallest absolute Gasteiger partial charge is 0.325 e. The van der Waals surface area contributed by atoms with Crippen molar-refractivity contribution in [2.45, 2.75) is 25.8 Å². The van der Waals surface area contributed by atoms with Crippen molar-refractivity contribution in [2.24, 2.45) is 0 Å². The zero-order chi connectivity index (χ0) is 16.1. The van der Waals surface area contributed by atoms with Crippen LogP contribution in [0.5, 0.6) is 0 Å². The number of aromatic nitrogens is 2. The molecule has 0 aliphatic rings. The number of rotatable bonds is 5. The van der Waals surface area contributed by atoms with E-state index in [0.29, 0.717) is 0 Å². The topological polar surface area (TPSA) is 94.8 Å². The fraction of sp³-hybridized carbons (Fsp3) is 0.267. The maximum atomic E-state index is 13.1. The number of carbonyl (C=O) groups is 1. The molecule has 1 heterocycles. The molecular weight excluding hydrogens is 289 g/mol. The van der Waals surface area contributed by atoms with E-state index in [1.54, 1.807) is 12.1 Å². The Labute approximate surface area is 125 Å². The second-order valence-corrected chi connectivity index (χ2v) is 5.03. The number of H-pyrrole nitrogens is 2. The van der Waals surface area contributed by atoms with Gasteiger partial charge >= 0.3 is 5.69 Å². The van der Waals surface area contributed by atoms with Crippen LogP contribution in [0.15, 0.2) is 40.1 Å². The Bertz CT molecular complexity index is 782. The first-order valence-corrected chi connectivity index (χ1v) is 6.79. The van der Waals surface area contributed by atoms with E-state index in [0.717, 1.165) is 5.56 Å². The summed E-state index contributed by atoms with van der Waals surface area (Å²) in [5.41, 5.74) is -0.148. The van der Waals surface area contributed by atoms with Crippen molar-refractivity contribution < 1.29 is 9.18 Å². The van der Waals surface area contributed by atoms with Crippen LogP contribution in [-0.2, 0) is 11.3 Å². The average molecular weight is 305 g/mol. The van der Waals surface area contributed by atoms with E-state index in [9.17, 15) is 18.8 Å².